The van der Waals surface area contributed by atoms with Crippen molar-refractivity contribution >= 4 is 5.69 Å². The average molecular weight is 248 g/mol. The van der Waals surface area contributed by atoms with Gasteiger partial charge in [0.15, 0.2) is 0 Å². The molecule has 0 saturated heterocycles. The molecule has 18 heavy (non-hydrogen) atoms. The summed E-state index contributed by atoms with van der Waals surface area (Å²) in [6.07, 6.45) is 6.80. The Balaban J connectivity index is 1.73. The van der Waals surface area contributed by atoms with Crippen LogP contribution in [0.5, 0.6) is 0 Å². The quantitative estimate of drug-likeness (QED) is 0.513. The molecule has 1 aromatic rings. The molecule has 100 valence electrons. The van der Waals surface area contributed by atoms with Crippen molar-refractivity contribution in [2.75, 3.05) is 18.9 Å². The highest BCUT2D eigenvalue weighted by atomic mass is 16.2. The van der Waals surface area contributed by atoms with Crippen LogP contribution < -0.4 is 11.1 Å². The maximum atomic E-state index is 8.70. The van der Waals surface area contributed by atoms with E-state index in [1.165, 1.54) is 30.4 Å². The van der Waals surface area contributed by atoms with Gasteiger partial charge in [-0.3, -0.25) is 0 Å². The van der Waals surface area contributed by atoms with Crippen molar-refractivity contribution < 1.29 is 5.11 Å². The second-order valence-electron chi connectivity index (χ2n) is 5.14. The lowest BCUT2D eigenvalue weighted by Crippen LogP contribution is -2.20. The number of nitrogen functional groups attached to an aromatic ring is 1. The number of unbranched alkanes of at least 4 members (excludes halogenated alkanes) is 3. The van der Waals surface area contributed by atoms with E-state index in [9.17, 15) is 0 Å². The van der Waals surface area contributed by atoms with Crippen molar-refractivity contribution in [1.29, 1.82) is 0 Å². The number of anilines is 1. The lowest BCUT2D eigenvalue weighted by Gasteiger charge is -2.14. The Morgan fingerprint density at radius 2 is 2.06 bits per heavy atom. The SMILES string of the molecule is Nc1ccc2c(c1)CCC2NCCCCCCO. The molecule has 0 saturated carbocycles. The monoisotopic (exact) mass is 248 g/mol. The fourth-order valence-corrected chi connectivity index (χ4v) is 2.72. The molecule has 1 unspecified atom stereocenters. The zero-order valence-electron chi connectivity index (χ0n) is 11.0. The van der Waals surface area contributed by atoms with Gasteiger partial charge in [-0.25, -0.2) is 0 Å². The van der Waals surface area contributed by atoms with Gasteiger partial charge in [-0.1, -0.05) is 18.9 Å². The van der Waals surface area contributed by atoms with Gasteiger partial charge in [0.25, 0.3) is 0 Å². The van der Waals surface area contributed by atoms with E-state index in [1.54, 1.807) is 0 Å². The first-order valence-corrected chi connectivity index (χ1v) is 7.04. The van der Waals surface area contributed by atoms with Gasteiger partial charge in [-0.2, -0.15) is 0 Å². The van der Waals surface area contributed by atoms with E-state index >= 15 is 0 Å². The highest BCUT2D eigenvalue weighted by Gasteiger charge is 2.21. The van der Waals surface area contributed by atoms with Gasteiger partial charge in [-0.05, 0) is 55.5 Å². The van der Waals surface area contributed by atoms with E-state index in [0.717, 1.165) is 31.5 Å². The largest absolute Gasteiger partial charge is 0.399 e. The van der Waals surface area contributed by atoms with Crippen molar-refractivity contribution in [2.45, 2.75) is 44.6 Å². The molecule has 2 rings (SSSR count). The number of rotatable bonds is 7. The van der Waals surface area contributed by atoms with Crippen molar-refractivity contribution in [2.24, 2.45) is 0 Å². The lowest BCUT2D eigenvalue weighted by molar-refractivity contribution is 0.282. The fourth-order valence-electron chi connectivity index (χ4n) is 2.72. The van der Waals surface area contributed by atoms with Crippen LogP contribution in [0, 0.1) is 0 Å². The summed E-state index contributed by atoms with van der Waals surface area (Å²) < 4.78 is 0. The topological polar surface area (TPSA) is 58.3 Å². The molecule has 0 spiro atoms. The van der Waals surface area contributed by atoms with Crippen LogP contribution in [0.25, 0.3) is 0 Å². The summed E-state index contributed by atoms with van der Waals surface area (Å²) in [5.41, 5.74) is 9.52. The molecule has 1 aliphatic rings. The molecule has 1 atom stereocenters. The Bertz CT molecular complexity index is 379. The first kappa shape index (κ1) is 13.4. The summed E-state index contributed by atoms with van der Waals surface area (Å²) in [6.45, 7) is 1.39. The number of benzene rings is 1. The Labute approximate surface area is 109 Å². The molecule has 0 aromatic heterocycles. The summed E-state index contributed by atoms with van der Waals surface area (Å²) in [7, 11) is 0. The first-order valence-electron chi connectivity index (χ1n) is 7.04. The van der Waals surface area contributed by atoms with Gasteiger partial charge >= 0.3 is 0 Å². The van der Waals surface area contributed by atoms with Gasteiger partial charge < -0.3 is 16.2 Å². The molecule has 0 amide bonds. The van der Waals surface area contributed by atoms with Gasteiger partial charge in [-0.15, -0.1) is 0 Å². The van der Waals surface area contributed by atoms with Crippen LogP contribution >= 0.6 is 0 Å². The summed E-state index contributed by atoms with van der Waals surface area (Å²) in [5.74, 6) is 0. The van der Waals surface area contributed by atoms with Crippen LogP contribution in [0.3, 0.4) is 0 Å². The van der Waals surface area contributed by atoms with E-state index in [-0.39, 0.29) is 0 Å². The Morgan fingerprint density at radius 3 is 2.89 bits per heavy atom. The summed E-state index contributed by atoms with van der Waals surface area (Å²) in [5, 5.41) is 12.3. The number of hydrogen-bond acceptors (Lipinski definition) is 3. The molecular formula is C15H24N2O. The number of fused-ring (bicyclic) bond motifs is 1. The molecule has 1 aliphatic carbocycles. The summed E-state index contributed by atoms with van der Waals surface area (Å²) in [4.78, 5) is 0. The van der Waals surface area contributed by atoms with Gasteiger partial charge in [0.05, 0.1) is 0 Å². The van der Waals surface area contributed by atoms with E-state index in [4.69, 9.17) is 10.8 Å². The number of nitrogens with one attached hydrogen (secondary N) is 1. The number of hydrogen-bond donors (Lipinski definition) is 3. The highest BCUT2D eigenvalue weighted by molar-refractivity contribution is 5.47. The van der Waals surface area contributed by atoms with Crippen LogP contribution in [0.1, 0.15) is 49.3 Å². The van der Waals surface area contributed by atoms with Gasteiger partial charge in [0.2, 0.25) is 0 Å². The predicted octanol–water partition coefficient (Wildman–Crippen LogP) is 2.40. The number of aliphatic hydroxyl groups is 1. The fraction of sp³-hybridized carbons (Fsp3) is 0.600. The van der Waals surface area contributed by atoms with E-state index in [2.05, 4.69) is 17.4 Å². The van der Waals surface area contributed by atoms with Crippen molar-refractivity contribution in [3.8, 4) is 0 Å². The first-order chi connectivity index (χ1) is 8.81. The van der Waals surface area contributed by atoms with Crippen molar-refractivity contribution in [3.63, 3.8) is 0 Å². The second-order valence-corrected chi connectivity index (χ2v) is 5.14. The molecule has 0 heterocycles. The van der Waals surface area contributed by atoms with Crippen molar-refractivity contribution in [3.05, 3.63) is 29.3 Å². The van der Waals surface area contributed by atoms with Crippen molar-refractivity contribution in [1.82, 2.24) is 5.32 Å². The van der Waals surface area contributed by atoms with Gasteiger partial charge in [0, 0.05) is 18.3 Å². The molecule has 3 nitrogen and oxygen atoms in total. The molecule has 1 aromatic carbocycles. The molecule has 3 heteroatoms. The number of aryl methyl sites for hydroxylation is 1. The minimum atomic E-state index is 0.324. The molecular weight excluding hydrogens is 224 g/mol. The van der Waals surface area contributed by atoms with Crippen LogP contribution in [-0.2, 0) is 6.42 Å². The molecule has 4 N–H and O–H groups in total. The molecule has 0 radical (unpaired) electrons. The highest BCUT2D eigenvalue weighted by Crippen LogP contribution is 2.32. The zero-order valence-corrected chi connectivity index (χ0v) is 11.0. The smallest absolute Gasteiger partial charge is 0.0431 e. The zero-order chi connectivity index (χ0) is 12.8. The normalized spacial score (nSPS) is 17.9. The molecule has 0 bridgehead atoms. The lowest BCUT2D eigenvalue weighted by atomic mass is 10.1. The number of aliphatic hydroxyl groups excluding tert-OH is 1. The minimum absolute atomic E-state index is 0.324. The molecule has 0 aliphatic heterocycles. The third kappa shape index (κ3) is 3.47. The number of nitrogens with two attached hydrogens (primary N) is 1. The van der Waals surface area contributed by atoms with E-state index in [1.807, 2.05) is 6.07 Å². The van der Waals surface area contributed by atoms with Crippen LogP contribution in [0.2, 0.25) is 0 Å². The van der Waals surface area contributed by atoms with Crippen LogP contribution in [0.4, 0.5) is 5.69 Å². The van der Waals surface area contributed by atoms with E-state index < -0.39 is 0 Å². The minimum Gasteiger partial charge on any atom is -0.399 e. The van der Waals surface area contributed by atoms with E-state index in [0.29, 0.717) is 12.6 Å². The Hall–Kier alpha value is -1.06. The predicted molar refractivity (Wildman–Crippen MR) is 75.5 cm³/mol. The standard InChI is InChI=1S/C15H24N2O/c16-13-6-7-14-12(11-13)5-8-15(14)17-9-3-1-2-4-10-18/h6-7,11,15,17-18H,1-5,8-10,16H2. The Kier molecular flexibility index (Phi) is 5.02. The maximum absolute atomic E-state index is 8.70. The second kappa shape index (κ2) is 6.76. The molecule has 0 fully saturated rings. The van der Waals surface area contributed by atoms with Crippen LogP contribution in [0.15, 0.2) is 18.2 Å². The van der Waals surface area contributed by atoms with Crippen LogP contribution in [-0.4, -0.2) is 18.3 Å². The van der Waals surface area contributed by atoms with Gasteiger partial charge in [0.1, 0.15) is 0 Å². The third-order valence-electron chi connectivity index (χ3n) is 3.72. The Morgan fingerprint density at radius 1 is 1.22 bits per heavy atom. The maximum Gasteiger partial charge on any atom is 0.0431 e. The summed E-state index contributed by atoms with van der Waals surface area (Å²) in [6, 6.07) is 6.79. The average Bonchev–Trinajstić information content (AvgIpc) is 2.76. The summed E-state index contributed by atoms with van der Waals surface area (Å²) >= 11 is 0. The third-order valence-corrected chi connectivity index (χ3v) is 3.72.